The van der Waals surface area contributed by atoms with Crippen LogP contribution in [0.15, 0.2) is 29.3 Å². The van der Waals surface area contributed by atoms with Crippen molar-refractivity contribution in [2.24, 2.45) is 10.9 Å². The summed E-state index contributed by atoms with van der Waals surface area (Å²) in [6, 6.07) is 8.39. The molecule has 0 bridgehead atoms. The molecule has 162 valence electrons. The lowest BCUT2D eigenvalue weighted by atomic mass is 10.1. The van der Waals surface area contributed by atoms with Crippen molar-refractivity contribution < 1.29 is 9.53 Å². The fourth-order valence-electron chi connectivity index (χ4n) is 4.04. The number of ether oxygens (including phenoxy) is 1. The lowest BCUT2D eigenvalue weighted by molar-refractivity contribution is -0.134. The third-order valence-corrected chi connectivity index (χ3v) is 5.52. The highest BCUT2D eigenvalue weighted by Crippen LogP contribution is 2.27. The molecule has 6 nitrogen and oxygen atoms in total. The fraction of sp³-hybridized carbons (Fsp3) is 0.636. The zero-order valence-corrected chi connectivity index (χ0v) is 20.1. The highest BCUT2D eigenvalue weighted by atomic mass is 127. The Kier molecular flexibility index (Phi) is 9.52. The molecule has 1 aromatic rings. The van der Waals surface area contributed by atoms with Crippen LogP contribution >= 0.6 is 24.0 Å². The average Bonchev–Trinajstić information content (AvgIpc) is 3.37. The van der Waals surface area contributed by atoms with Crippen LogP contribution in [0.5, 0.6) is 5.75 Å². The number of nitrogens with zero attached hydrogens (tertiary/aromatic N) is 2. The van der Waals surface area contributed by atoms with Gasteiger partial charge < -0.3 is 20.3 Å². The van der Waals surface area contributed by atoms with Crippen molar-refractivity contribution in [3.05, 3.63) is 29.8 Å². The van der Waals surface area contributed by atoms with E-state index in [9.17, 15) is 4.79 Å². The van der Waals surface area contributed by atoms with Gasteiger partial charge in [-0.2, -0.15) is 0 Å². The topological polar surface area (TPSA) is 66.0 Å². The van der Waals surface area contributed by atoms with E-state index in [0.717, 1.165) is 44.1 Å². The van der Waals surface area contributed by atoms with Crippen molar-refractivity contribution in [2.75, 3.05) is 20.1 Å². The Balaban J connectivity index is 0.00000300. The van der Waals surface area contributed by atoms with Crippen molar-refractivity contribution in [1.82, 2.24) is 15.5 Å². The molecule has 2 fully saturated rings. The molecule has 2 N–H and O–H groups in total. The van der Waals surface area contributed by atoms with Crippen LogP contribution < -0.4 is 15.4 Å². The maximum atomic E-state index is 12.6. The standard InChI is InChI=1S/C22H34N4O2.HI/c1-16(2)28-20-10-8-17(9-11-20)14-24-22(23-3)25-19-12-13-26(15-19)21(27)18-6-4-5-7-18;/h8-11,16,18-19H,4-7,12-15H2,1-3H3,(H2,23,24,25);1H. The van der Waals surface area contributed by atoms with E-state index in [0.29, 0.717) is 12.5 Å². The van der Waals surface area contributed by atoms with Gasteiger partial charge in [-0.3, -0.25) is 9.79 Å². The van der Waals surface area contributed by atoms with E-state index >= 15 is 0 Å². The van der Waals surface area contributed by atoms with Gasteiger partial charge >= 0.3 is 0 Å². The van der Waals surface area contributed by atoms with Crippen molar-refractivity contribution in [2.45, 2.75) is 64.6 Å². The van der Waals surface area contributed by atoms with Gasteiger partial charge in [-0.1, -0.05) is 25.0 Å². The minimum atomic E-state index is 0. The van der Waals surface area contributed by atoms with Gasteiger partial charge in [0.2, 0.25) is 5.91 Å². The monoisotopic (exact) mass is 514 g/mol. The molecule has 1 aliphatic heterocycles. The first-order valence-electron chi connectivity index (χ1n) is 10.6. The molecule has 1 saturated heterocycles. The van der Waals surface area contributed by atoms with Crippen LogP contribution in [0.3, 0.4) is 0 Å². The molecule has 1 atom stereocenters. The maximum Gasteiger partial charge on any atom is 0.225 e. The summed E-state index contributed by atoms with van der Waals surface area (Å²) < 4.78 is 5.68. The largest absolute Gasteiger partial charge is 0.491 e. The number of guanidine groups is 1. The number of likely N-dealkylation sites (tertiary alicyclic amines) is 1. The molecular weight excluding hydrogens is 479 g/mol. The lowest BCUT2D eigenvalue weighted by Gasteiger charge is -2.21. The van der Waals surface area contributed by atoms with Crippen LogP contribution in [-0.2, 0) is 11.3 Å². The Morgan fingerprint density at radius 3 is 2.52 bits per heavy atom. The number of carbonyl (C=O) groups excluding carboxylic acids is 1. The summed E-state index contributed by atoms with van der Waals surface area (Å²) in [6.45, 7) is 6.37. The number of amides is 1. The van der Waals surface area contributed by atoms with E-state index in [1.165, 1.54) is 18.4 Å². The molecule has 1 heterocycles. The van der Waals surface area contributed by atoms with Crippen LogP contribution in [0.25, 0.3) is 0 Å². The third kappa shape index (κ3) is 7.04. The highest BCUT2D eigenvalue weighted by molar-refractivity contribution is 14.0. The molecule has 1 amide bonds. The SMILES string of the molecule is CN=C(NCc1ccc(OC(C)C)cc1)NC1CCN(C(=O)C2CCCC2)C1.I. The highest BCUT2D eigenvalue weighted by Gasteiger charge is 2.32. The van der Waals surface area contributed by atoms with Gasteiger partial charge in [-0.05, 0) is 50.8 Å². The predicted octanol–water partition coefficient (Wildman–Crippen LogP) is 3.55. The van der Waals surface area contributed by atoms with Crippen LogP contribution in [-0.4, -0.2) is 49.0 Å². The molecule has 1 aromatic carbocycles. The summed E-state index contributed by atoms with van der Waals surface area (Å²) in [5.41, 5.74) is 1.17. The van der Waals surface area contributed by atoms with Gasteiger partial charge in [0, 0.05) is 38.6 Å². The van der Waals surface area contributed by atoms with E-state index < -0.39 is 0 Å². The molecule has 1 saturated carbocycles. The fourth-order valence-corrected chi connectivity index (χ4v) is 4.04. The summed E-state index contributed by atoms with van der Waals surface area (Å²) in [6.07, 6.45) is 5.69. The Labute approximate surface area is 191 Å². The van der Waals surface area contributed by atoms with Gasteiger partial charge in [0.05, 0.1) is 6.10 Å². The van der Waals surface area contributed by atoms with Crippen molar-refractivity contribution >= 4 is 35.8 Å². The zero-order valence-electron chi connectivity index (χ0n) is 17.8. The molecular formula is C22H35IN4O2. The first kappa shape index (κ1) is 23.8. The maximum absolute atomic E-state index is 12.6. The Hall–Kier alpha value is -1.51. The average molecular weight is 514 g/mol. The first-order chi connectivity index (χ1) is 13.5. The van der Waals surface area contributed by atoms with Gasteiger partial charge in [0.1, 0.15) is 5.75 Å². The number of aliphatic imine (C=N–C) groups is 1. The van der Waals surface area contributed by atoms with E-state index in [4.69, 9.17) is 4.74 Å². The number of hydrogen-bond donors (Lipinski definition) is 2. The molecule has 0 radical (unpaired) electrons. The summed E-state index contributed by atoms with van der Waals surface area (Å²) >= 11 is 0. The number of carbonyl (C=O) groups is 1. The van der Waals surface area contributed by atoms with Crippen LogP contribution in [0.1, 0.15) is 51.5 Å². The second-order valence-corrected chi connectivity index (χ2v) is 8.13. The molecule has 29 heavy (non-hydrogen) atoms. The summed E-state index contributed by atoms with van der Waals surface area (Å²) in [4.78, 5) is 19.0. The minimum absolute atomic E-state index is 0. The predicted molar refractivity (Wildman–Crippen MR) is 128 cm³/mol. The zero-order chi connectivity index (χ0) is 19.9. The Morgan fingerprint density at radius 2 is 1.90 bits per heavy atom. The van der Waals surface area contributed by atoms with Crippen LogP contribution in [0, 0.1) is 5.92 Å². The van der Waals surface area contributed by atoms with E-state index in [1.54, 1.807) is 7.05 Å². The smallest absolute Gasteiger partial charge is 0.225 e. The van der Waals surface area contributed by atoms with Gasteiger partial charge in [-0.25, -0.2) is 0 Å². The van der Waals surface area contributed by atoms with Gasteiger partial charge in [0.15, 0.2) is 5.96 Å². The number of halogens is 1. The van der Waals surface area contributed by atoms with Crippen molar-refractivity contribution in [1.29, 1.82) is 0 Å². The van der Waals surface area contributed by atoms with Gasteiger partial charge in [0.25, 0.3) is 0 Å². The molecule has 1 unspecified atom stereocenters. The molecule has 7 heteroatoms. The lowest BCUT2D eigenvalue weighted by Crippen LogP contribution is -2.45. The van der Waals surface area contributed by atoms with E-state index in [2.05, 4.69) is 27.8 Å². The second-order valence-electron chi connectivity index (χ2n) is 8.13. The third-order valence-electron chi connectivity index (χ3n) is 5.52. The number of hydrogen-bond acceptors (Lipinski definition) is 3. The molecule has 0 spiro atoms. The second kappa shape index (κ2) is 11.6. The molecule has 0 aromatic heterocycles. The number of benzene rings is 1. The summed E-state index contributed by atoms with van der Waals surface area (Å²) in [5, 5.41) is 6.84. The minimum Gasteiger partial charge on any atom is -0.491 e. The Bertz CT molecular complexity index is 672. The molecule has 3 rings (SSSR count). The number of rotatable bonds is 6. The number of nitrogens with one attached hydrogen (secondary N) is 2. The van der Waals surface area contributed by atoms with Crippen molar-refractivity contribution in [3.63, 3.8) is 0 Å². The van der Waals surface area contributed by atoms with Gasteiger partial charge in [-0.15, -0.1) is 24.0 Å². The van der Waals surface area contributed by atoms with Crippen LogP contribution in [0.4, 0.5) is 0 Å². The summed E-state index contributed by atoms with van der Waals surface area (Å²) in [7, 11) is 1.78. The quantitative estimate of drug-likeness (QED) is 0.346. The normalized spacial score (nSPS) is 19.9. The van der Waals surface area contributed by atoms with Crippen LogP contribution in [0.2, 0.25) is 0 Å². The summed E-state index contributed by atoms with van der Waals surface area (Å²) in [5.74, 6) is 2.29. The molecule has 2 aliphatic rings. The van der Waals surface area contributed by atoms with Crippen molar-refractivity contribution in [3.8, 4) is 5.75 Å². The Morgan fingerprint density at radius 1 is 1.21 bits per heavy atom. The first-order valence-corrected chi connectivity index (χ1v) is 10.6. The molecule has 1 aliphatic carbocycles. The van der Waals surface area contributed by atoms with E-state index in [-0.39, 0.29) is 42.0 Å². The van der Waals surface area contributed by atoms with E-state index in [1.807, 2.05) is 30.9 Å².